The third-order valence-corrected chi connectivity index (χ3v) is 12.1. The predicted molar refractivity (Wildman–Crippen MR) is 246 cm³/mol. The van der Waals surface area contributed by atoms with Crippen LogP contribution in [-0.4, -0.2) is 24.6 Å². The molecule has 0 saturated carbocycles. The number of hydrogen-bond donors (Lipinski definition) is 0. The molecule has 0 aliphatic carbocycles. The fraction of sp³-hybridized carbons (Fsp3) is 0.962. The minimum Gasteiger partial charge on any atom is -0.462 e. The van der Waals surface area contributed by atoms with E-state index in [0.717, 1.165) is 44.9 Å². The van der Waals surface area contributed by atoms with Gasteiger partial charge in [0, 0.05) is 12.8 Å². The first-order valence-electron chi connectivity index (χ1n) is 26.0. The monoisotopic (exact) mass is 791 g/mol. The van der Waals surface area contributed by atoms with E-state index in [9.17, 15) is 9.59 Å². The molecule has 0 spiro atoms. The van der Waals surface area contributed by atoms with E-state index in [0.29, 0.717) is 12.8 Å². The largest absolute Gasteiger partial charge is 0.462 e. The third kappa shape index (κ3) is 45.6. The molecule has 0 saturated heterocycles. The van der Waals surface area contributed by atoms with Crippen LogP contribution < -0.4 is 0 Å². The second kappa shape index (κ2) is 48.3. The molecule has 0 N–H and O–H groups in total. The molecular weight excluding hydrogens is 689 g/mol. The zero-order valence-electron chi connectivity index (χ0n) is 38.7. The van der Waals surface area contributed by atoms with Crippen LogP contribution in [-0.2, 0) is 19.1 Å². The highest BCUT2D eigenvalue weighted by Gasteiger charge is 2.17. The summed E-state index contributed by atoms with van der Waals surface area (Å²) in [6, 6.07) is 0. The topological polar surface area (TPSA) is 52.6 Å². The first kappa shape index (κ1) is 54.9. The number of unbranched alkanes of at least 4 members (excludes halogenated alkanes) is 39. The van der Waals surface area contributed by atoms with Crippen molar-refractivity contribution < 1.29 is 19.1 Å². The van der Waals surface area contributed by atoms with Gasteiger partial charge in [0.1, 0.15) is 12.7 Å². The van der Waals surface area contributed by atoms with Crippen molar-refractivity contribution in [3.63, 3.8) is 0 Å². The Morgan fingerprint density at radius 2 is 0.536 bits per heavy atom. The minimum absolute atomic E-state index is 0.109. The molecule has 4 nitrogen and oxygen atoms in total. The van der Waals surface area contributed by atoms with E-state index in [1.165, 1.54) is 231 Å². The van der Waals surface area contributed by atoms with Crippen LogP contribution in [0.5, 0.6) is 0 Å². The van der Waals surface area contributed by atoms with Gasteiger partial charge in [0.2, 0.25) is 0 Å². The molecule has 0 rings (SSSR count). The summed E-state index contributed by atoms with van der Waals surface area (Å²) in [5.41, 5.74) is 0. The molecule has 0 aromatic heterocycles. The summed E-state index contributed by atoms with van der Waals surface area (Å²) in [5, 5.41) is 0. The summed E-state index contributed by atoms with van der Waals surface area (Å²) in [6.45, 7) is 7.08. The molecule has 0 aliphatic rings. The van der Waals surface area contributed by atoms with Crippen molar-refractivity contribution in [2.24, 2.45) is 0 Å². The minimum atomic E-state index is -0.299. The average molecular weight is 791 g/mol. The van der Waals surface area contributed by atoms with Crippen molar-refractivity contribution in [3.05, 3.63) is 0 Å². The van der Waals surface area contributed by atoms with Crippen LogP contribution in [0, 0.1) is 0 Å². The van der Waals surface area contributed by atoms with Crippen molar-refractivity contribution in [3.8, 4) is 0 Å². The van der Waals surface area contributed by atoms with Crippen molar-refractivity contribution in [1.82, 2.24) is 0 Å². The summed E-state index contributed by atoms with van der Waals surface area (Å²) < 4.78 is 11.6. The Morgan fingerprint density at radius 1 is 0.304 bits per heavy atom. The van der Waals surface area contributed by atoms with Gasteiger partial charge in [0.05, 0.1) is 0 Å². The number of ether oxygens (including phenoxy) is 2. The van der Waals surface area contributed by atoms with Crippen LogP contribution in [0.25, 0.3) is 0 Å². The highest BCUT2D eigenvalue weighted by atomic mass is 16.6. The van der Waals surface area contributed by atoms with E-state index in [1.807, 2.05) is 0 Å². The Balaban J connectivity index is 4.15. The standard InChI is InChI=1S/C52H102O4/c1-4-7-10-13-16-19-22-25-27-29-32-35-38-41-44-47-51(53)55-49-50(46-43-40-37-34-31-24-21-18-15-12-9-6-3)56-52(54)48-45-42-39-36-33-30-28-26-23-20-17-14-11-8-5-2/h50H,4-49H2,1-3H3. The summed E-state index contributed by atoms with van der Waals surface area (Å²) >= 11 is 0. The van der Waals surface area contributed by atoms with Crippen LogP contribution in [0.15, 0.2) is 0 Å². The van der Waals surface area contributed by atoms with E-state index in [4.69, 9.17) is 9.47 Å². The highest BCUT2D eigenvalue weighted by molar-refractivity contribution is 5.70. The zero-order valence-corrected chi connectivity index (χ0v) is 38.7. The quantitative estimate of drug-likeness (QED) is 0.0455. The normalized spacial score (nSPS) is 12.0. The number of carbonyl (C=O) groups excluding carboxylic acids is 2. The molecule has 0 aromatic rings. The lowest BCUT2D eigenvalue weighted by atomic mass is 10.0. The Kier molecular flexibility index (Phi) is 47.4. The lowest BCUT2D eigenvalue weighted by molar-refractivity contribution is -0.159. The summed E-state index contributed by atoms with van der Waals surface area (Å²) in [5.74, 6) is -0.236. The number of rotatable bonds is 48. The van der Waals surface area contributed by atoms with Crippen LogP contribution in [0.2, 0.25) is 0 Å². The maximum absolute atomic E-state index is 12.8. The molecule has 0 radical (unpaired) electrons. The van der Waals surface area contributed by atoms with E-state index in [2.05, 4.69) is 20.8 Å². The fourth-order valence-electron chi connectivity index (χ4n) is 8.17. The third-order valence-electron chi connectivity index (χ3n) is 12.1. The molecule has 1 atom stereocenters. The first-order chi connectivity index (χ1) is 27.6. The van der Waals surface area contributed by atoms with Crippen molar-refractivity contribution in [2.45, 2.75) is 316 Å². The Labute approximate surface area is 352 Å². The van der Waals surface area contributed by atoms with Crippen molar-refractivity contribution in [1.29, 1.82) is 0 Å². The number of esters is 2. The molecular formula is C52H102O4. The summed E-state index contributed by atoms with van der Waals surface area (Å²) in [4.78, 5) is 25.4. The summed E-state index contributed by atoms with van der Waals surface area (Å²) in [7, 11) is 0. The number of carbonyl (C=O) groups is 2. The van der Waals surface area contributed by atoms with Crippen LogP contribution in [0.3, 0.4) is 0 Å². The van der Waals surface area contributed by atoms with Gasteiger partial charge in [-0.25, -0.2) is 0 Å². The summed E-state index contributed by atoms with van der Waals surface area (Å²) in [6.07, 6.45) is 56.8. The van der Waals surface area contributed by atoms with Gasteiger partial charge in [-0.1, -0.05) is 271 Å². The van der Waals surface area contributed by atoms with Gasteiger partial charge in [-0.15, -0.1) is 0 Å². The molecule has 0 aromatic carbocycles. The molecule has 1 unspecified atom stereocenters. The second-order valence-corrected chi connectivity index (χ2v) is 17.9. The Morgan fingerprint density at radius 3 is 0.821 bits per heavy atom. The van der Waals surface area contributed by atoms with Gasteiger partial charge in [-0.2, -0.15) is 0 Å². The van der Waals surface area contributed by atoms with Gasteiger partial charge in [0.15, 0.2) is 0 Å². The SMILES string of the molecule is CCCCCCCCCCCCCCCCCC(=O)OCC(CCCCCCCCCCCCCC)OC(=O)CCCCCCCCCCCCCCCCC. The smallest absolute Gasteiger partial charge is 0.306 e. The number of hydrogen-bond acceptors (Lipinski definition) is 4. The van der Waals surface area contributed by atoms with E-state index in [-0.39, 0.29) is 24.6 Å². The molecule has 56 heavy (non-hydrogen) atoms. The van der Waals surface area contributed by atoms with Crippen molar-refractivity contribution in [2.75, 3.05) is 6.61 Å². The first-order valence-corrected chi connectivity index (χ1v) is 26.0. The average Bonchev–Trinajstić information content (AvgIpc) is 3.20. The Hall–Kier alpha value is -1.06. The maximum Gasteiger partial charge on any atom is 0.306 e. The molecule has 334 valence electrons. The van der Waals surface area contributed by atoms with Crippen LogP contribution in [0.4, 0.5) is 0 Å². The Bertz CT molecular complexity index is 766. The molecule has 0 amide bonds. The van der Waals surface area contributed by atoms with Crippen LogP contribution >= 0.6 is 0 Å². The van der Waals surface area contributed by atoms with E-state index in [1.54, 1.807) is 0 Å². The molecule has 4 heteroatoms. The highest BCUT2D eigenvalue weighted by Crippen LogP contribution is 2.18. The zero-order chi connectivity index (χ0) is 40.7. The molecule has 0 bridgehead atoms. The molecule has 0 aliphatic heterocycles. The van der Waals surface area contributed by atoms with E-state index >= 15 is 0 Å². The van der Waals surface area contributed by atoms with E-state index < -0.39 is 0 Å². The van der Waals surface area contributed by atoms with Gasteiger partial charge in [-0.3, -0.25) is 9.59 Å². The molecule has 0 heterocycles. The van der Waals surface area contributed by atoms with Gasteiger partial charge >= 0.3 is 11.9 Å². The lowest BCUT2D eigenvalue weighted by Gasteiger charge is -2.18. The van der Waals surface area contributed by atoms with Gasteiger partial charge in [0.25, 0.3) is 0 Å². The van der Waals surface area contributed by atoms with Crippen molar-refractivity contribution >= 4 is 11.9 Å². The molecule has 0 fully saturated rings. The van der Waals surface area contributed by atoms with Gasteiger partial charge < -0.3 is 9.47 Å². The lowest BCUT2D eigenvalue weighted by Crippen LogP contribution is -2.25. The maximum atomic E-state index is 12.8. The predicted octanol–water partition coefficient (Wildman–Crippen LogP) is 18.1. The van der Waals surface area contributed by atoms with Gasteiger partial charge in [-0.05, 0) is 25.7 Å². The second-order valence-electron chi connectivity index (χ2n) is 17.9. The van der Waals surface area contributed by atoms with Crippen LogP contribution in [0.1, 0.15) is 310 Å². The fourth-order valence-corrected chi connectivity index (χ4v) is 8.17.